The third-order valence-electron chi connectivity index (χ3n) is 6.93. The van der Waals surface area contributed by atoms with Crippen LogP contribution in [0.15, 0.2) is 64.3 Å². The number of nitrogens with one attached hydrogen (secondary N) is 2. The fraction of sp³-hybridized carbons (Fsp3) is 0.200. The Labute approximate surface area is 211 Å². The summed E-state index contributed by atoms with van der Waals surface area (Å²) >= 11 is 0. The first-order chi connectivity index (χ1) is 17.7. The number of fused-ring (bicyclic) bond motifs is 2. The van der Waals surface area contributed by atoms with Crippen molar-refractivity contribution in [2.24, 2.45) is 0 Å². The van der Waals surface area contributed by atoms with Gasteiger partial charge in [-0.1, -0.05) is 12.1 Å². The first-order valence-electron chi connectivity index (χ1n) is 11.7. The second kappa shape index (κ2) is 8.39. The van der Waals surface area contributed by atoms with E-state index in [1.807, 2.05) is 24.3 Å². The molecule has 0 atom stereocenters. The van der Waals surface area contributed by atoms with E-state index in [0.29, 0.717) is 25.9 Å². The van der Waals surface area contributed by atoms with Gasteiger partial charge in [0.25, 0.3) is 17.4 Å². The molecule has 6 rings (SSSR count). The number of hydrogen-bond donors (Lipinski definition) is 3. The Morgan fingerprint density at radius 3 is 2.35 bits per heavy atom. The summed E-state index contributed by atoms with van der Waals surface area (Å²) < 4.78 is 29.1. The molecule has 0 unspecified atom stereocenters. The van der Waals surface area contributed by atoms with Crippen molar-refractivity contribution in [3.05, 3.63) is 81.9 Å². The largest absolute Gasteiger partial charge is 0.384 e. The molecule has 0 aliphatic carbocycles. The highest BCUT2D eigenvalue weighted by atomic mass is 32.2. The number of H-pyrrole nitrogens is 1. The maximum atomic E-state index is 13.3. The number of sulfonamides is 1. The maximum Gasteiger partial charge on any atom is 0.262 e. The third-order valence-corrected chi connectivity index (χ3v) is 8.85. The number of amides is 2. The van der Waals surface area contributed by atoms with Crippen LogP contribution in [0.3, 0.4) is 0 Å². The van der Waals surface area contributed by atoms with E-state index in [-0.39, 0.29) is 33.4 Å². The molecule has 12 heteroatoms. The van der Waals surface area contributed by atoms with Gasteiger partial charge in [0.2, 0.25) is 10.0 Å². The molecule has 4 heterocycles. The van der Waals surface area contributed by atoms with E-state index < -0.39 is 27.4 Å². The summed E-state index contributed by atoms with van der Waals surface area (Å²) in [5.41, 5.74) is 7.44. The number of rotatable bonds is 4. The summed E-state index contributed by atoms with van der Waals surface area (Å²) in [6.07, 6.45) is 1.28. The van der Waals surface area contributed by atoms with Crippen molar-refractivity contribution in [1.29, 1.82) is 0 Å². The molecule has 2 aromatic carbocycles. The van der Waals surface area contributed by atoms with Gasteiger partial charge in [-0.3, -0.25) is 24.3 Å². The minimum Gasteiger partial charge on any atom is -0.384 e. The number of carbonyl (C=O) groups is 2. The first kappa shape index (κ1) is 23.1. The molecule has 2 aliphatic heterocycles. The maximum absolute atomic E-state index is 13.3. The van der Waals surface area contributed by atoms with Crippen molar-refractivity contribution in [2.45, 2.75) is 23.7 Å². The van der Waals surface area contributed by atoms with Gasteiger partial charge in [-0.15, -0.1) is 0 Å². The van der Waals surface area contributed by atoms with Gasteiger partial charge in [-0.05, 0) is 49.2 Å². The lowest BCUT2D eigenvalue weighted by Gasteiger charge is -2.30. The van der Waals surface area contributed by atoms with Gasteiger partial charge >= 0.3 is 0 Å². The van der Waals surface area contributed by atoms with Crippen molar-refractivity contribution in [3.8, 4) is 5.69 Å². The van der Waals surface area contributed by atoms with Crippen LogP contribution in [-0.4, -0.2) is 52.2 Å². The summed E-state index contributed by atoms with van der Waals surface area (Å²) in [4.78, 5) is 44.7. The highest BCUT2D eigenvalue weighted by Crippen LogP contribution is 2.31. The molecule has 1 saturated heterocycles. The van der Waals surface area contributed by atoms with E-state index in [2.05, 4.69) is 15.3 Å². The number of anilines is 1. The van der Waals surface area contributed by atoms with Crippen LogP contribution >= 0.6 is 0 Å². The molecule has 37 heavy (non-hydrogen) atoms. The number of piperidine rings is 1. The zero-order valence-electron chi connectivity index (χ0n) is 19.5. The molecule has 188 valence electrons. The number of imidazole rings is 1. The number of pyridine rings is 1. The number of nitrogens with zero attached hydrogens (tertiary/aromatic N) is 3. The number of nitrogens with two attached hydrogens (primary N) is 1. The van der Waals surface area contributed by atoms with Crippen molar-refractivity contribution in [3.63, 3.8) is 0 Å². The van der Waals surface area contributed by atoms with Crippen molar-refractivity contribution >= 4 is 38.7 Å². The lowest BCUT2D eigenvalue weighted by Crippen LogP contribution is -2.38. The number of aromatic nitrogens is 3. The topological polar surface area (TPSA) is 160 Å². The number of benzene rings is 2. The fourth-order valence-electron chi connectivity index (χ4n) is 5.00. The first-order valence-corrected chi connectivity index (χ1v) is 13.1. The van der Waals surface area contributed by atoms with Crippen LogP contribution < -0.4 is 16.6 Å². The predicted molar refractivity (Wildman–Crippen MR) is 135 cm³/mol. The van der Waals surface area contributed by atoms with Crippen molar-refractivity contribution in [1.82, 2.24) is 24.2 Å². The van der Waals surface area contributed by atoms with Gasteiger partial charge in [0, 0.05) is 25.1 Å². The normalized spacial score (nSPS) is 16.8. The van der Waals surface area contributed by atoms with Gasteiger partial charge in [0.1, 0.15) is 11.6 Å². The fourth-order valence-corrected chi connectivity index (χ4v) is 6.47. The second-order valence-corrected chi connectivity index (χ2v) is 11.0. The molecule has 11 nitrogen and oxygen atoms in total. The number of carbonyl (C=O) groups excluding carboxylic acids is 2. The quantitative estimate of drug-likeness (QED) is 0.347. The summed E-state index contributed by atoms with van der Waals surface area (Å²) in [6.45, 7) is 0.707. The molecule has 2 aromatic heterocycles. The standard InChI is InChI=1S/C25H22N6O5S/c26-22-21-17(24(33)29-25(21)34)13-20(32)31(22)15-5-7-16(8-6-15)37(35,36)30-11-9-14(10-12-30)23-27-18-3-1-2-4-19(18)28-23/h1-8,13-14H,9-12,26H2,(H,27,28)(H,29,33,34). The Hall–Kier alpha value is -4.29. The number of imide groups is 1. The van der Waals surface area contributed by atoms with E-state index in [1.165, 1.54) is 28.6 Å². The summed E-state index contributed by atoms with van der Waals surface area (Å²) in [6, 6.07) is 14.5. The number of hydrogen-bond acceptors (Lipinski definition) is 7. The second-order valence-electron chi connectivity index (χ2n) is 9.09. The van der Waals surface area contributed by atoms with Gasteiger partial charge in [-0.25, -0.2) is 13.4 Å². The van der Waals surface area contributed by atoms with Crippen LogP contribution in [0.25, 0.3) is 16.7 Å². The Balaban J connectivity index is 1.22. The Morgan fingerprint density at radius 1 is 0.946 bits per heavy atom. The zero-order valence-corrected chi connectivity index (χ0v) is 20.3. The van der Waals surface area contributed by atoms with Gasteiger partial charge in [-0.2, -0.15) is 4.31 Å². The minimum atomic E-state index is -3.76. The molecule has 4 aromatic rings. The predicted octanol–water partition coefficient (Wildman–Crippen LogP) is 1.75. The van der Waals surface area contributed by atoms with Crippen LogP contribution in [0.2, 0.25) is 0 Å². The Kier molecular flexibility index (Phi) is 5.24. The van der Waals surface area contributed by atoms with Crippen LogP contribution in [-0.2, 0) is 10.0 Å². The number of para-hydroxylation sites is 2. The lowest BCUT2D eigenvalue weighted by molar-refractivity contribution is 0.0880. The molecule has 4 N–H and O–H groups in total. The van der Waals surface area contributed by atoms with E-state index in [9.17, 15) is 22.8 Å². The van der Waals surface area contributed by atoms with Crippen molar-refractivity contribution < 1.29 is 18.0 Å². The minimum absolute atomic E-state index is 0.0750. The molecule has 2 amide bonds. The van der Waals surface area contributed by atoms with Crippen LogP contribution in [0.5, 0.6) is 0 Å². The van der Waals surface area contributed by atoms with Crippen molar-refractivity contribution in [2.75, 3.05) is 18.8 Å². The average Bonchev–Trinajstić information content (AvgIpc) is 3.45. The van der Waals surface area contributed by atoms with E-state index >= 15 is 0 Å². The Morgan fingerprint density at radius 2 is 1.65 bits per heavy atom. The SMILES string of the molecule is Nc1c2c(cc(=O)n1-c1ccc(S(=O)(=O)N3CCC(c4nc5ccccc5[nH]4)CC3)cc1)C(=O)NC2=O. The monoisotopic (exact) mass is 518 g/mol. The van der Waals surface area contributed by atoms with E-state index in [1.54, 1.807) is 0 Å². The van der Waals surface area contributed by atoms with Gasteiger partial charge in [0.15, 0.2) is 0 Å². The molecule has 1 fully saturated rings. The average molecular weight is 519 g/mol. The number of aromatic amines is 1. The molecule has 0 saturated carbocycles. The lowest BCUT2D eigenvalue weighted by atomic mass is 9.97. The molecule has 2 aliphatic rings. The van der Waals surface area contributed by atoms with Gasteiger partial charge < -0.3 is 10.7 Å². The van der Waals surface area contributed by atoms with Crippen LogP contribution in [0.1, 0.15) is 45.3 Å². The number of nitrogen functional groups attached to an aromatic ring is 1. The zero-order chi connectivity index (χ0) is 25.9. The molecule has 0 radical (unpaired) electrons. The van der Waals surface area contributed by atoms with Gasteiger partial charge in [0.05, 0.1) is 32.7 Å². The third kappa shape index (κ3) is 3.72. The molecule has 0 spiro atoms. The molecular formula is C25H22N6O5S. The van der Waals surface area contributed by atoms with Crippen LogP contribution in [0, 0.1) is 0 Å². The Bertz CT molecular complexity index is 1720. The smallest absolute Gasteiger partial charge is 0.262 e. The summed E-state index contributed by atoms with van der Waals surface area (Å²) in [7, 11) is -3.76. The molecular weight excluding hydrogens is 496 g/mol. The molecule has 0 bridgehead atoms. The summed E-state index contributed by atoms with van der Waals surface area (Å²) in [5, 5.41) is 2.11. The van der Waals surface area contributed by atoms with E-state index in [4.69, 9.17) is 5.73 Å². The highest BCUT2D eigenvalue weighted by Gasteiger charge is 2.33. The summed E-state index contributed by atoms with van der Waals surface area (Å²) in [5.74, 6) is -0.539. The highest BCUT2D eigenvalue weighted by molar-refractivity contribution is 7.89. The van der Waals surface area contributed by atoms with Crippen LogP contribution in [0.4, 0.5) is 5.82 Å². The van der Waals surface area contributed by atoms with E-state index in [0.717, 1.165) is 27.5 Å².